The summed E-state index contributed by atoms with van der Waals surface area (Å²) in [6, 6.07) is 1.84. The molecule has 3 aromatic rings. The van der Waals surface area contributed by atoms with Crippen molar-refractivity contribution >= 4 is 28.9 Å². The van der Waals surface area contributed by atoms with Crippen LogP contribution in [0.15, 0.2) is 28.8 Å². The zero-order valence-electron chi connectivity index (χ0n) is 9.45. The van der Waals surface area contributed by atoms with Gasteiger partial charge in [-0.2, -0.15) is 4.98 Å². The van der Waals surface area contributed by atoms with Crippen LogP contribution in [-0.4, -0.2) is 29.9 Å². The number of H-pyrrole nitrogens is 1. The number of nitrogen functional groups attached to an aromatic ring is 1. The molecule has 0 saturated carbocycles. The summed E-state index contributed by atoms with van der Waals surface area (Å²) < 4.78 is 0. The van der Waals surface area contributed by atoms with Crippen LogP contribution in [0.2, 0.25) is 0 Å². The van der Waals surface area contributed by atoms with Gasteiger partial charge in [0.2, 0.25) is 5.95 Å². The Morgan fingerprint density at radius 3 is 2.94 bits per heavy atom. The van der Waals surface area contributed by atoms with Crippen LogP contribution in [0.25, 0.3) is 11.2 Å². The van der Waals surface area contributed by atoms with Crippen LogP contribution in [0, 0.1) is 6.92 Å². The van der Waals surface area contributed by atoms with Crippen molar-refractivity contribution in [2.24, 2.45) is 0 Å². The fourth-order valence-corrected chi connectivity index (χ4v) is 2.33. The quantitative estimate of drug-likeness (QED) is 0.525. The zero-order chi connectivity index (χ0) is 12.5. The summed E-state index contributed by atoms with van der Waals surface area (Å²) in [6.45, 7) is 1.91. The molecule has 0 aromatic carbocycles. The minimum absolute atomic E-state index is 0.185. The number of nitrogens with one attached hydrogen (secondary N) is 1. The first-order chi connectivity index (χ1) is 8.72. The zero-order valence-corrected chi connectivity index (χ0v) is 10.3. The van der Waals surface area contributed by atoms with Gasteiger partial charge >= 0.3 is 0 Å². The maximum Gasteiger partial charge on any atom is 0.223 e. The van der Waals surface area contributed by atoms with Crippen molar-refractivity contribution in [1.82, 2.24) is 29.9 Å². The van der Waals surface area contributed by atoms with Crippen LogP contribution in [0.5, 0.6) is 0 Å². The number of aromatic amines is 1. The third kappa shape index (κ3) is 1.97. The fraction of sp³-hybridized carbons (Fsp3) is 0.100. The molecule has 3 aromatic heterocycles. The Morgan fingerprint density at radius 1 is 1.22 bits per heavy atom. The van der Waals surface area contributed by atoms with Crippen molar-refractivity contribution in [1.29, 1.82) is 0 Å². The highest BCUT2D eigenvalue weighted by atomic mass is 32.2. The molecule has 3 N–H and O–H groups in total. The highest BCUT2D eigenvalue weighted by Gasteiger charge is 2.11. The Labute approximate surface area is 106 Å². The Morgan fingerprint density at radius 2 is 2.11 bits per heavy atom. The minimum atomic E-state index is 0.185. The topological polar surface area (TPSA) is 106 Å². The summed E-state index contributed by atoms with van der Waals surface area (Å²) in [5, 5.41) is 1.28. The third-order valence-corrected chi connectivity index (χ3v) is 3.10. The molecule has 7 nitrogen and oxygen atoms in total. The smallest absolute Gasteiger partial charge is 0.223 e. The van der Waals surface area contributed by atoms with Gasteiger partial charge in [0.25, 0.3) is 0 Å². The molecule has 0 unspecified atom stereocenters. The molecule has 0 aliphatic heterocycles. The molecule has 0 atom stereocenters. The predicted octanol–water partition coefficient (Wildman–Crippen LogP) is 1.18. The van der Waals surface area contributed by atoms with Gasteiger partial charge in [0, 0.05) is 11.9 Å². The summed E-state index contributed by atoms with van der Waals surface area (Å²) in [5.74, 6) is 0.185. The van der Waals surface area contributed by atoms with Crippen molar-refractivity contribution in [3.8, 4) is 0 Å². The van der Waals surface area contributed by atoms with E-state index in [1.54, 1.807) is 12.5 Å². The summed E-state index contributed by atoms with van der Waals surface area (Å²) in [5.41, 5.74) is 7.81. The second kappa shape index (κ2) is 4.22. The molecule has 0 aliphatic carbocycles. The molecule has 0 saturated heterocycles. The van der Waals surface area contributed by atoms with Crippen molar-refractivity contribution in [3.63, 3.8) is 0 Å². The fourth-order valence-electron chi connectivity index (χ4n) is 1.46. The van der Waals surface area contributed by atoms with Crippen LogP contribution in [-0.2, 0) is 0 Å². The van der Waals surface area contributed by atoms with Gasteiger partial charge in [-0.05, 0) is 24.8 Å². The van der Waals surface area contributed by atoms with E-state index in [0.717, 1.165) is 11.2 Å². The molecule has 3 heterocycles. The van der Waals surface area contributed by atoms with E-state index >= 15 is 0 Å². The Kier molecular flexibility index (Phi) is 2.56. The first kappa shape index (κ1) is 10.9. The number of hydrogen-bond acceptors (Lipinski definition) is 7. The van der Waals surface area contributed by atoms with Gasteiger partial charge in [-0.15, -0.1) is 0 Å². The van der Waals surface area contributed by atoms with Crippen LogP contribution >= 0.6 is 11.8 Å². The number of aromatic nitrogens is 6. The third-order valence-electron chi connectivity index (χ3n) is 2.23. The lowest BCUT2D eigenvalue weighted by Gasteiger charge is -2.02. The number of nitrogens with zero attached hydrogens (tertiary/aromatic N) is 5. The molecule has 0 radical (unpaired) electrons. The largest absolute Gasteiger partial charge is 0.368 e. The Hall–Kier alpha value is -2.22. The average molecular weight is 259 g/mol. The molecule has 0 bridgehead atoms. The molecule has 0 fully saturated rings. The summed E-state index contributed by atoms with van der Waals surface area (Å²) in [7, 11) is 0. The van der Waals surface area contributed by atoms with E-state index in [4.69, 9.17) is 5.73 Å². The molecular formula is C10H9N7S. The summed E-state index contributed by atoms with van der Waals surface area (Å²) in [4.78, 5) is 23.7. The van der Waals surface area contributed by atoms with E-state index in [9.17, 15) is 0 Å². The van der Waals surface area contributed by atoms with E-state index < -0.39 is 0 Å². The average Bonchev–Trinajstić information content (AvgIpc) is 2.77. The number of aryl methyl sites for hydroxylation is 1. The maximum absolute atomic E-state index is 5.64. The number of hydrogen-bond donors (Lipinski definition) is 2. The first-order valence-corrected chi connectivity index (χ1v) is 5.98. The summed E-state index contributed by atoms with van der Waals surface area (Å²) in [6.07, 6.45) is 3.26. The van der Waals surface area contributed by atoms with Crippen molar-refractivity contribution in [2.75, 3.05) is 5.73 Å². The maximum atomic E-state index is 5.64. The van der Waals surface area contributed by atoms with Crippen molar-refractivity contribution in [3.05, 3.63) is 24.3 Å². The van der Waals surface area contributed by atoms with Crippen LogP contribution in [0.1, 0.15) is 5.69 Å². The van der Waals surface area contributed by atoms with Crippen LogP contribution in [0.4, 0.5) is 5.95 Å². The molecule has 0 amide bonds. The lowest BCUT2D eigenvalue weighted by atomic mass is 10.5. The molecule has 0 spiro atoms. The number of rotatable bonds is 2. The monoisotopic (exact) mass is 259 g/mol. The number of anilines is 1. The van der Waals surface area contributed by atoms with E-state index in [-0.39, 0.29) is 5.95 Å². The van der Waals surface area contributed by atoms with Gasteiger partial charge in [-0.1, -0.05) is 0 Å². The lowest BCUT2D eigenvalue weighted by molar-refractivity contribution is 0.928. The van der Waals surface area contributed by atoms with Gasteiger partial charge < -0.3 is 10.7 Å². The van der Waals surface area contributed by atoms with Crippen molar-refractivity contribution in [2.45, 2.75) is 17.1 Å². The van der Waals surface area contributed by atoms with Crippen LogP contribution in [0.3, 0.4) is 0 Å². The lowest BCUT2D eigenvalue weighted by Crippen LogP contribution is -1.98. The Balaban J connectivity index is 2.06. The van der Waals surface area contributed by atoms with Gasteiger partial charge in [-0.25, -0.2) is 19.9 Å². The number of imidazole rings is 1. The van der Waals surface area contributed by atoms with Crippen LogP contribution < -0.4 is 5.73 Å². The van der Waals surface area contributed by atoms with E-state index in [1.165, 1.54) is 11.8 Å². The predicted molar refractivity (Wildman–Crippen MR) is 67.0 cm³/mol. The van der Waals surface area contributed by atoms with E-state index in [0.29, 0.717) is 15.8 Å². The molecule has 8 heteroatoms. The number of nitrogens with two attached hydrogens (primary N) is 1. The van der Waals surface area contributed by atoms with E-state index in [1.807, 2.05) is 13.0 Å². The Bertz CT molecular complexity index is 708. The van der Waals surface area contributed by atoms with Crippen molar-refractivity contribution < 1.29 is 0 Å². The minimum Gasteiger partial charge on any atom is -0.368 e. The first-order valence-electron chi connectivity index (χ1n) is 5.16. The molecule has 90 valence electrons. The van der Waals surface area contributed by atoms with Gasteiger partial charge in [0.15, 0.2) is 10.8 Å². The normalized spacial score (nSPS) is 10.9. The number of fused-ring (bicyclic) bond motifs is 1. The van der Waals surface area contributed by atoms with Gasteiger partial charge in [0.1, 0.15) is 10.5 Å². The van der Waals surface area contributed by atoms with E-state index in [2.05, 4.69) is 29.9 Å². The highest BCUT2D eigenvalue weighted by molar-refractivity contribution is 7.99. The second-order valence-electron chi connectivity index (χ2n) is 3.57. The van der Waals surface area contributed by atoms with Gasteiger partial charge in [0.05, 0.1) is 6.33 Å². The molecule has 3 rings (SSSR count). The molecule has 0 aliphatic rings. The second-order valence-corrected chi connectivity index (χ2v) is 4.53. The highest BCUT2D eigenvalue weighted by Crippen LogP contribution is 2.27. The molecular weight excluding hydrogens is 250 g/mol. The standard InChI is InChI=1S/C10H9N7S/c1-5-2-3-12-10(15-5)18-8-6-7(14-4-13-6)16-9(11)17-8/h2-4H,1H3,(H3,11,13,14,16,17). The van der Waals surface area contributed by atoms with Gasteiger partial charge in [-0.3, -0.25) is 0 Å². The SMILES string of the molecule is Cc1ccnc(Sc2nc(N)nc3nc[nH]c23)n1. The molecule has 18 heavy (non-hydrogen) atoms. The summed E-state index contributed by atoms with van der Waals surface area (Å²) >= 11 is 1.33.